The highest BCUT2D eigenvalue weighted by Gasteiger charge is 2.22. The first-order valence-electron chi connectivity index (χ1n) is 7.47. The minimum absolute atomic E-state index is 0.0434. The molecule has 116 valence electrons. The Hall–Kier alpha value is -1.66. The summed E-state index contributed by atoms with van der Waals surface area (Å²) in [5.41, 5.74) is 0.646. The summed E-state index contributed by atoms with van der Waals surface area (Å²) in [6, 6.07) is 3.89. The van der Waals surface area contributed by atoms with E-state index in [1.165, 1.54) is 0 Å². The van der Waals surface area contributed by atoms with Crippen LogP contribution >= 0.6 is 0 Å². The zero-order chi connectivity index (χ0) is 15.2. The van der Waals surface area contributed by atoms with E-state index in [9.17, 15) is 4.79 Å². The number of aromatic nitrogens is 1. The first kappa shape index (κ1) is 15.7. The van der Waals surface area contributed by atoms with E-state index in [-0.39, 0.29) is 5.91 Å². The third-order valence-corrected chi connectivity index (χ3v) is 3.86. The fraction of sp³-hybridized carbons (Fsp3) is 0.600. The third-order valence-electron chi connectivity index (χ3n) is 3.86. The van der Waals surface area contributed by atoms with Gasteiger partial charge in [-0.05, 0) is 33.2 Å². The number of likely N-dealkylation sites (N-methyl/N-ethyl adjacent to an activating group) is 2. The second-order valence-corrected chi connectivity index (χ2v) is 5.57. The van der Waals surface area contributed by atoms with Crippen LogP contribution in [0.2, 0.25) is 0 Å². The normalized spacial score (nSPS) is 20.2. The van der Waals surface area contributed by atoms with Gasteiger partial charge in [0.05, 0.1) is 0 Å². The lowest BCUT2D eigenvalue weighted by Crippen LogP contribution is -2.54. The maximum atomic E-state index is 12.2. The van der Waals surface area contributed by atoms with Crippen LogP contribution in [0.5, 0.6) is 0 Å². The number of hydrogen-bond donors (Lipinski definition) is 2. The van der Waals surface area contributed by atoms with Crippen LogP contribution in [0.25, 0.3) is 0 Å². The van der Waals surface area contributed by atoms with Gasteiger partial charge in [0.25, 0.3) is 5.91 Å². The smallest absolute Gasteiger partial charge is 0.251 e. The number of carbonyl (C=O) groups is 1. The summed E-state index contributed by atoms with van der Waals surface area (Å²) in [7, 11) is 4.23. The molecule has 1 amide bonds. The fourth-order valence-electron chi connectivity index (χ4n) is 2.48. The molecule has 1 atom stereocenters. The number of carbonyl (C=O) groups excluding carboxylic acids is 1. The quantitative estimate of drug-likeness (QED) is 0.827. The molecule has 0 aliphatic carbocycles. The summed E-state index contributed by atoms with van der Waals surface area (Å²) in [4.78, 5) is 21.0. The maximum absolute atomic E-state index is 12.2. The highest BCUT2D eigenvalue weighted by molar-refractivity contribution is 5.94. The lowest BCUT2D eigenvalue weighted by molar-refractivity contribution is 0.0881. The lowest BCUT2D eigenvalue weighted by atomic mass is 10.1. The van der Waals surface area contributed by atoms with Crippen molar-refractivity contribution in [2.24, 2.45) is 0 Å². The van der Waals surface area contributed by atoms with Gasteiger partial charge in [-0.15, -0.1) is 0 Å². The average Bonchev–Trinajstić information content (AvgIpc) is 2.48. The second kappa shape index (κ2) is 7.38. The van der Waals surface area contributed by atoms with Crippen molar-refractivity contribution in [1.29, 1.82) is 0 Å². The van der Waals surface area contributed by atoms with E-state index >= 15 is 0 Å². The number of amides is 1. The summed E-state index contributed by atoms with van der Waals surface area (Å²) in [6.07, 6.45) is 1.66. The van der Waals surface area contributed by atoms with Crippen molar-refractivity contribution < 1.29 is 4.79 Å². The molecule has 0 spiro atoms. The molecule has 6 nitrogen and oxygen atoms in total. The molecule has 0 radical (unpaired) electrons. The van der Waals surface area contributed by atoms with Crippen LogP contribution in [-0.4, -0.2) is 73.6 Å². The van der Waals surface area contributed by atoms with Gasteiger partial charge >= 0.3 is 0 Å². The van der Waals surface area contributed by atoms with E-state index in [4.69, 9.17) is 0 Å². The number of nitrogens with one attached hydrogen (secondary N) is 2. The van der Waals surface area contributed by atoms with E-state index in [2.05, 4.69) is 39.5 Å². The highest BCUT2D eigenvalue weighted by Crippen LogP contribution is 2.08. The second-order valence-electron chi connectivity index (χ2n) is 5.57. The zero-order valence-corrected chi connectivity index (χ0v) is 13.1. The van der Waals surface area contributed by atoms with Crippen molar-refractivity contribution >= 4 is 11.7 Å². The molecule has 0 bridgehead atoms. The van der Waals surface area contributed by atoms with E-state index in [1.54, 1.807) is 18.3 Å². The number of piperazine rings is 1. The molecule has 1 aromatic heterocycles. The Bertz CT molecular complexity index is 479. The van der Waals surface area contributed by atoms with Crippen molar-refractivity contribution in [3.05, 3.63) is 23.9 Å². The number of nitrogens with zero attached hydrogens (tertiary/aromatic N) is 3. The molecule has 1 fully saturated rings. The Labute approximate surface area is 126 Å². The minimum Gasteiger partial charge on any atom is -0.370 e. The third kappa shape index (κ3) is 4.41. The molecule has 1 aliphatic heterocycles. The van der Waals surface area contributed by atoms with Crippen molar-refractivity contribution in [3.63, 3.8) is 0 Å². The van der Waals surface area contributed by atoms with Crippen molar-refractivity contribution in [1.82, 2.24) is 20.1 Å². The largest absolute Gasteiger partial charge is 0.370 e. The van der Waals surface area contributed by atoms with E-state index in [0.29, 0.717) is 18.2 Å². The summed E-state index contributed by atoms with van der Waals surface area (Å²) in [5.74, 6) is 0.692. The minimum atomic E-state index is -0.0434. The molecule has 2 heterocycles. The van der Waals surface area contributed by atoms with Gasteiger partial charge in [-0.1, -0.05) is 0 Å². The Balaban J connectivity index is 1.90. The molecule has 2 N–H and O–H groups in total. The van der Waals surface area contributed by atoms with Crippen LogP contribution in [0.3, 0.4) is 0 Å². The first-order chi connectivity index (χ1) is 10.1. The van der Waals surface area contributed by atoms with Crippen molar-refractivity contribution in [2.75, 3.05) is 52.1 Å². The topological polar surface area (TPSA) is 60.5 Å². The number of hydrogen-bond acceptors (Lipinski definition) is 5. The van der Waals surface area contributed by atoms with E-state index in [1.807, 2.05) is 6.92 Å². The Kier molecular flexibility index (Phi) is 5.52. The first-order valence-corrected chi connectivity index (χ1v) is 7.47. The van der Waals surface area contributed by atoms with Gasteiger partial charge in [0.15, 0.2) is 0 Å². The molecular formula is C15H25N5O. The lowest BCUT2D eigenvalue weighted by Gasteiger charge is -2.37. The van der Waals surface area contributed by atoms with Crippen LogP contribution in [0.15, 0.2) is 18.3 Å². The van der Waals surface area contributed by atoms with Crippen LogP contribution in [0, 0.1) is 0 Å². The van der Waals surface area contributed by atoms with Crippen LogP contribution in [0.1, 0.15) is 17.3 Å². The standard InChI is InChI=1S/C15H25N5O/c1-4-16-14-9-12(5-6-17-14)15(21)18-10-13-11-19(2)7-8-20(13)3/h5-6,9,13H,4,7-8,10-11H2,1-3H3,(H,16,17)(H,18,21). The molecule has 1 aliphatic rings. The molecule has 1 saturated heterocycles. The van der Waals surface area contributed by atoms with Gasteiger partial charge in [0.1, 0.15) is 5.82 Å². The van der Waals surface area contributed by atoms with Gasteiger partial charge in [0.2, 0.25) is 0 Å². The molecule has 2 rings (SSSR count). The molecule has 1 unspecified atom stereocenters. The summed E-state index contributed by atoms with van der Waals surface area (Å²) < 4.78 is 0. The Morgan fingerprint density at radius 1 is 1.43 bits per heavy atom. The summed E-state index contributed by atoms with van der Waals surface area (Å²) in [6.45, 7) is 6.56. The summed E-state index contributed by atoms with van der Waals surface area (Å²) >= 11 is 0. The monoisotopic (exact) mass is 291 g/mol. The van der Waals surface area contributed by atoms with Crippen LogP contribution in [-0.2, 0) is 0 Å². The van der Waals surface area contributed by atoms with Crippen molar-refractivity contribution in [3.8, 4) is 0 Å². The summed E-state index contributed by atoms with van der Waals surface area (Å²) in [5, 5.41) is 6.14. The Morgan fingerprint density at radius 2 is 2.24 bits per heavy atom. The zero-order valence-electron chi connectivity index (χ0n) is 13.1. The van der Waals surface area contributed by atoms with Crippen molar-refractivity contribution in [2.45, 2.75) is 13.0 Å². The number of pyridine rings is 1. The SMILES string of the molecule is CCNc1cc(C(=O)NCC2CN(C)CCN2C)ccn1. The predicted molar refractivity (Wildman–Crippen MR) is 84.6 cm³/mol. The maximum Gasteiger partial charge on any atom is 0.251 e. The van der Waals surface area contributed by atoms with Gasteiger partial charge in [-0.3, -0.25) is 9.69 Å². The molecular weight excluding hydrogens is 266 g/mol. The average molecular weight is 291 g/mol. The Morgan fingerprint density at radius 3 is 3.00 bits per heavy atom. The van der Waals surface area contributed by atoms with Crippen LogP contribution < -0.4 is 10.6 Å². The molecule has 0 aromatic carbocycles. The van der Waals surface area contributed by atoms with Crippen LogP contribution in [0.4, 0.5) is 5.82 Å². The molecule has 6 heteroatoms. The fourth-order valence-corrected chi connectivity index (χ4v) is 2.48. The predicted octanol–water partition coefficient (Wildman–Crippen LogP) is 0.489. The number of rotatable bonds is 5. The molecule has 1 aromatic rings. The van der Waals surface area contributed by atoms with Gasteiger partial charge in [0, 0.05) is 50.5 Å². The molecule has 0 saturated carbocycles. The number of anilines is 1. The van der Waals surface area contributed by atoms with E-state index < -0.39 is 0 Å². The van der Waals surface area contributed by atoms with Gasteiger partial charge < -0.3 is 15.5 Å². The van der Waals surface area contributed by atoms with E-state index in [0.717, 1.165) is 32.0 Å². The highest BCUT2D eigenvalue weighted by atomic mass is 16.1. The van der Waals surface area contributed by atoms with Gasteiger partial charge in [-0.2, -0.15) is 0 Å². The molecule has 21 heavy (non-hydrogen) atoms. The van der Waals surface area contributed by atoms with Gasteiger partial charge in [-0.25, -0.2) is 4.98 Å².